The first-order chi connectivity index (χ1) is 14.1. The van der Waals surface area contributed by atoms with Crippen molar-refractivity contribution in [2.24, 2.45) is 5.92 Å². The summed E-state index contributed by atoms with van der Waals surface area (Å²) < 4.78 is 19.7. The minimum atomic E-state index is -0.347. The van der Waals surface area contributed by atoms with Gasteiger partial charge in [0.25, 0.3) is 0 Å². The van der Waals surface area contributed by atoms with Crippen LogP contribution in [0.15, 0.2) is 30.5 Å². The molecule has 154 valence electrons. The van der Waals surface area contributed by atoms with Gasteiger partial charge in [-0.2, -0.15) is 4.39 Å². The zero-order chi connectivity index (χ0) is 20.4. The first kappa shape index (κ1) is 20.3. The molecule has 1 atom stereocenters. The highest BCUT2D eigenvalue weighted by molar-refractivity contribution is 6.31. The molecule has 1 unspecified atom stereocenters. The molecule has 2 aromatic heterocycles. The van der Waals surface area contributed by atoms with E-state index in [-0.39, 0.29) is 11.9 Å². The normalized spacial score (nSPS) is 20.8. The van der Waals surface area contributed by atoms with Gasteiger partial charge in [0.05, 0.1) is 17.6 Å². The van der Waals surface area contributed by atoms with Crippen molar-refractivity contribution in [3.63, 3.8) is 0 Å². The molecule has 1 fully saturated rings. The van der Waals surface area contributed by atoms with Gasteiger partial charge in [0.15, 0.2) is 0 Å². The number of hydrogen-bond acceptors (Lipinski definition) is 3. The Balaban J connectivity index is 1.53. The highest BCUT2D eigenvalue weighted by Gasteiger charge is 2.32. The zero-order valence-electron chi connectivity index (χ0n) is 16.9. The van der Waals surface area contributed by atoms with Crippen LogP contribution in [0.3, 0.4) is 0 Å². The van der Waals surface area contributed by atoms with Crippen molar-refractivity contribution in [2.45, 2.75) is 51.4 Å². The SMILES string of the molecule is CCOCC(c1nc2ccc(Cl)cc2[nH]1)[C@H]1CC[C@@H](c2ccnc(F)c2C)CC1. The third-order valence-corrected chi connectivity index (χ3v) is 6.52. The lowest BCUT2D eigenvalue weighted by molar-refractivity contribution is 0.101. The van der Waals surface area contributed by atoms with Gasteiger partial charge in [0.2, 0.25) is 5.95 Å². The molecule has 6 heteroatoms. The minimum Gasteiger partial charge on any atom is -0.381 e. The number of pyridine rings is 1. The lowest BCUT2D eigenvalue weighted by Gasteiger charge is -2.33. The van der Waals surface area contributed by atoms with Gasteiger partial charge < -0.3 is 9.72 Å². The number of nitrogens with one attached hydrogen (secondary N) is 1. The number of fused-ring (bicyclic) bond motifs is 1. The van der Waals surface area contributed by atoms with E-state index in [1.807, 2.05) is 38.1 Å². The molecule has 0 spiro atoms. The Labute approximate surface area is 175 Å². The average molecular weight is 416 g/mol. The third kappa shape index (κ3) is 4.31. The molecule has 0 amide bonds. The van der Waals surface area contributed by atoms with E-state index in [0.29, 0.717) is 35.6 Å². The summed E-state index contributed by atoms with van der Waals surface area (Å²) in [5.74, 6) is 1.73. The molecule has 0 radical (unpaired) electrons. The summed E-state index contributed by atoms with van der Waals surface area (Å²) in [6.45, 7) is 5.20. The monoisotopic (exact) mass is 415 g/mol. The van der Waals surface area contributed by atoms with Crippen LogP contribution in [-0.4, -0.2) is 28.2 Å². The second-order valence-corrected chi connectivity index (χ2v) is 8.41. The van der Waals surface area contributed by atoms with Gasteiger partial charge in [-0.1, -0.05) is 11.6 Å². The van der Waals surface area contributed by atoms with Crippen molar-refractivity contribution in [1.82, 2.24) is 15.0 Å². The fraction of sp³-hybridized carbons (Fsp3) is 0.478. The predicted molar refractivity (Wildman–Crippen MR) is 114 cm³/mol. The first-order valence-corrected chi connectivity index (χ1v) is 10.8. The summed E-state index contributed by atoms with van der Waals surface area (Å²) in [4.78, 5) is 12.1. The van der Waals surface area contributed by atoms with E-state index in [4.69, 9.17) is 21.3 Å². The standard InChI is InChI=1S/C23H27ClFN3O/c1-3-29-13-19(23-27-20-9-8-17(24)12-21(20)28-23)16-6-4-15(5-7-16)18-10-11-26-22(25)14(18)2/h8-12,15-16,19H,3-7,13H2,1-2H3,(H,27,28)/t15-,16+,19?. The van der Waals surface area contributed by atoms with Crippen molar-refractivity contribution in [1.29, 1.82) is 0 Å². The maximum atomic E-state index is 13.9. The number of nitrogens with zero attached hydrogens (tertiary/aromatic N) is 2. The lowest BCUT2D eigenvalue weighted by Crippen LogP contribution is -2.24. The fourth-order valence-corrected chi connectivity index (χ4v) is 4.83. The molecule has 29 heavy (non-hydrogen) atoms. The summed E-state index contributed by atoms with van der Waals surface area (Å²) in [6, 6.07) is 7.72. The van der Waals surface area contributed by atoms with Crippen molar-refractivity contribution < 1.29 is 9.13 Å². The van der Waals surface area contributed by atoms with Crippen LogP contribution in [0.25, 0.3) is 11.0 Å². The molecule has 0 bridgehead atoms. The zero-order valence-corrected chi connectivity index (χ0v) is 17.7. The highest BCUT2D eigenvalue weighted by atomic mass is 35.5. The molecule has 2 heterocycles. The highest BCUT2D eigenvalue weighted by Crippen LogP contribution is 2.42. The van der Waals surface area contributed by atoms with Crippen molar-refractivity contribution in [3.8, 4) is 0 Å². The minimum absolute atomic E-state index is 0.220. The third-order valence-electron chi connectivity index (χ3n) is 6.28. The predicted octanol–water partition coefficient (Wildman–Crippen LogP) is 6.15. The first-order valence-electron chi connectivity index (χ1n) is 10.4. The van der Waals surface area contributed by atoms with Crippen LogP contribution < -0.4 is 0 Å². The summed E-state index contributed by atoms with van der Waals surface area (Å²) in [6.07, 6.45) is 5.82. The molecule has 3 aromatic rings. The summed E-state index contributed by atoms with van der Waals surface area (Å²) in [7, 11) is 0. The smallest absolute Gasteiger partial charge is 0.216 e. The van der Waals surface area contributed by atoms with Gasteiger partial charge in [-0.25, -0.2) is 9.97 Å². The molecule has 0 saturated heterocycles. The molecule has 1 aromatic carbocycles. The molecular formula is C23H27ClFN3O. The van der Waals surface area contributed by atoms with Crippen LogP contribution in [0.2, 0.25) is 5.02 Å². The van der Waals surface area contributed by atoms with Crippen molar-refractivity contribution >= 4 is 22.6 Å². The molecular weight excluding hydrogens is 389 g/mol. The van der Waals surface area contributed by atoms with E-state index >= 15 is 0 Å². The second kappa shape index (κ2) is 8.80. The van der Waals surface area contributed by atoms with Gasteiger partial charge in [0.1, 0.15) is 5.82 Å². The quantitative estimate of drug-likeness (QED) is 0.491. The molecule has 1 aliphatic rings. The van der Waals surface area contributed by atoms with Crippen LogP contribution in [0.1, 0.15) is 61.4 Å². The van der Waals surface area contributed by atoms with Crippen molar-refractivity contribution in [2.75, 3.05) is 13.2 Å². The average Bonchev–Trinajstić information content (AvgIpc) is 3.14. The number of aromatic amines is 1. The number of H-pyrrole nitrogens is 1. The Morgan fingerprint density at radius 3 is 2.79 bits per heavy atom. The summed E-state index contributed by atoms with van der Waals surface area (Å²) in [5.41, 5.74) is 3.69. The topological polar surface area (TPSA) is 50.8 Å². The molecule has 1 N–H and O–H groups in total. The fourth-order valence-electron chi connectivity index (χ4n) is 4.66. The van der Waals surface area contributed by atoms with Crippen LogP contribution >= 0.6 is 11.6 Å². The number of ether oxygens (including phenoxy) is 1. The van der Waals surface area contributed by atoms with Gasteiger partial charge >= 0.3 is 0 Å². The van der Waals surface area contributed by atoms with Gasteiger partial charge in [-0.3, -0.25) is 0 Å². The Hall–Kier alpha value is -1.98. The number of rotatable bonds is 6. The molecule has 4 rings (SSSR count). The summed E-state index contributed by atoms with van der Waals surface area (Å²) >= 11 is 6.13. The second-order valence-electron chi connectivity index (χ2n) is 7.98. The van der Waals surface area contributed by atoms with Crippen LogP contribution in [-0.2, 0) is 4.74 Å². The Kier molecular flexibility index (Phi) is 6.16. The molecule has 1 aliphatic carbocycles. The largest absolute Gasteiger partial charge is 0.381 e. The van der Waals surface area contributed by atoms with E-state index in [0.717, 1.165) is 48.1 Å². The van der Waals surface area contributed by atoms with Crippen LogP contribution in [0.4, 0.5) is 4.39 Å². The molecule has 1 saturated carbocycles. The van der Waals surface area contributed by atoms with E-state index in [1.54, 1.807) is 6.20 Å². The number of aromatic nitrogens is 3. The maximum Gasteiger partial charge on any atom is 0.216 e. The molecule has 4 nitrogen and oxygen atoms in total. The van der Waals surface area contributed by atoms with Crippen LogP contribution in [0.5, 0.6) is 0 Å². The molecule has 0 aliphatic heterocycles. The Morgan fingerprint density at radius 1 is 1.24 bits per heavy atom. The van der Waals surface area contributed by atoms with Crippen LogP contribution in [0, 0.1) is 18.8 Å². The lowest BCUT2D eigenvalue weighted by atomic mass is 9.73. The van der Waals surface area contributed by atoms with E-state index < -0.39 is 0 Å². The maximum absolute atomic E-state index is 13.9. The van der Waals surface area contributed by atoms with E-state index in [1.165, 1.54) is 0 Å². The van der Waals surface area contributed by atoms with Gasteiger partial charge in [-0.05, 0) is 81.2 Å². The number of imidazole rings is 1. The van der Waals surface area contributed by atoms with Gasteiger partial charge in [-0.15, -0.1) is 0 Å². The Morgan fingerprint density at radius 2 is 2.03 bits per heavy atom. The van der Waals surface area contributed by atoms with E-state index in [9.17, 15) is 4.39 Å². The summed E-state index contributed by atoms with van der Waals surface area (Å²) in [5, 5.41) is 0.703. The van der Waals surface area contributed by atoms with Crippen molar-refractivity contribution in [3.05, 3.63) is 58.4 Å². The number of hydrogen-bond donors (Lipinski definition) is 1. The Bertz CT molecular complexity index is 981. The number of benzene rings is 1. The number of halogens is 2. The van der Waals surface area contributed by atoms with Gasteiger partial charge in [0, 0.05) is 29.3 Å². The van der Waals surface area contributed by atoms with E-state index in [2.05, 4.69) is 9.97 Å².